The molecule has 19 heavy (non-hydrogen) atoms. The summed E-state index contributed by atoms with van der Waals surface area (Å²) < 4.78 is 4.89. The van der Waals surface area contributed by atoms with Crippen LogP contribution in [-0.2, 0) is 20.7 Å². The van der Waals surface area contributed by atoms with Gasteiger partial charge < -0.3 is 9.53 Å². The van der Waals surface area contributed by atoms with Crippen molar-refractivity contribution in [1.82, 2.24) is 0 Å². The molecule has 0 N–H and O–H groups in total. The molecule has 0 bridgehead atoms. The number of alkyl halides is 1. The molecule has 1 rings (SSSR count). The van der Waals surface area contributed by atoms with Crippen LogP contribution < -0.4 is 0 Å². The van der Waals surface area contributed by atoms with E-state index in [2.05, 4.69) is 13.8 Å². The summed E-state index contributed by atoms with van der Waals surface area (Å²) in [5.41, 5.74) is 1.85. The minimum absolute atomic E-state index is 0.121. The summed E-state index contributed by atoms with van der Waals surface area (Å²) in [6.45, 7) is 4.41. The third kappa shape index (κ3) is 5.03. The molecule has 4 heteroatoms. The number of carbonyl (C=O) groups excluding carboxylic acids is 2. The van der Waals surface area contributed by atoms with Crippen LogP contribution in [0.1, 0.15) is 30.9 Å². The van der Waals surface area contributed by atoms with Gasteiger partial charge in [0, 0.05) is 0 Å². The first-order valence-corrected chi connectivity index (χ1v) is 6.88. The van der Waals surface area contributed by atoms with E-state index in [1.807, 2.05) is 12.1 Å². The summed E-state index contributed by atoms with van der Waals surface area (Å²) in [6.07, 6.45) is 1.58. The zero-order chi connectivity index (χ0) is 14.3. The van der Waals surface area contributed by atoms with E-state index in [-0.39, 0.29) is 12.5 Å². The van der Waals surface area contributed by atoms with Crippen LogP contribution >= 0.6 is 11.6 Å². The maximum Gasteiger partial charge on any atom is 0.320 e. The lowest BCUT2D eigenvalue weighted by molar-refractivity contribution is -0.145. The summed E-state index contributed by atoms with van der Waals surface area (Å²) in [6, 6.07) is 7.50. The molecule has 3 nitrogen and oxygen atoms in total. The van der Waals surface area contributed by atoms with Crippen molar-refractivity contribution in [2.24, 2.45) is 5.92 Å². The molecule has 0 radical (unpaired) electrons. The average Bonchev–Trinajstić information content (AvgIpc) is 2.38. The van der Waals surface area contributed by atoms with E-state index in [0.29, 0.717) is 17.8 Å². The molecule has 0 heterocycles. The predicted molar refractivity (Wildman–Crippen MR) is 75.5 cm³/mol. The van der Waals surface area contributed by atoms with Crippen LogP contribution in [0.5, 0.6) is 0 Å². The number of hydrogen-bond acceptors (Lipinski definition) is 3. The minimum Gasteiger partial charge on any atom is -0.464 e. The Kier molecular flexibility index (Phi) is 6.57. The van der Waals surface area contributed by atoms with Gasteiger partial charge in [-0.3, -0.25) is 4.79 Å². The number of carbonyl (C=O) groups is 2. The summed E-state index contributed by atoms with van der Waals surface area (Å²) in [4.78, 5) is 22.7. The highest BCUT2D eigenvalue weighted by Gasteiger charge is 2.21. The van der Waals surface area contributed by atoms with E-state index < -0.39 is 11.9 Å². The third-order valence-corrected chi connectivity index (χ3v) is 2.85. The van der Waals surface area contributed by atoms with Crippen LogP contribution in [0.25, 0.3) is 0 Å². The van der Waals surface area contributed by atoms with Crippen molar-refractivity contribution in [3.05, 3.63) is 35.4 Å². The highest BCUT2D eigenvalue weighted by molar-refractivity contribution is 6.18. The van der Waals surface area contributed by atoms with Crippen LogP contribution in [0.3, 0.4) is 0 Å². The molecule has 104 valence electrons. The Morgan fingerprint density at radius 1 is 1.32 bits per heavy atom. The monoisotopic (exact) mass is 282 g/mol. The predicted octanol–water partition coefficient (Wildman–Crippen LogP) is 2.95. The number of esters is 1. The van der Waals surface area contributed by atoms with Crippen molar-refractivity contribution in [3.8, 4) is 0 Å². The normalized spacial score (nSPS) is 12.2. The zero-order valence-electron chi connectivity index (χ0n) is 11.3. The fourth-order valence-electron chi connectivity index (χ4n) is 1.83. The van der Waals surface area contributed by atoms with Gasteiger partial charge in [0.25, 0.3) is 0 Å². The molecule has 1 aromatic carbocycles. The molecule has 0 amide bonds. The summed E-state index contributed by atoms with van der Waals surface area (Å²) in [5, 5.41) is 0. The second-order valence-corrected chi connectivity index (χ2v) is 5.19. The molecule has 1 unspecified atom stereocenters. The van der Waals surface area contributed by atoms with Crippen molar-refractivity contribution >= 4 is 23.9 Å². The number of rotatable bonds is 7. The van der Waals surface area contributed by atoms with E-state index in [0.717, 1.165) is 6.42 Å². The first kappa shape index (κ1) is 15.7. The van der Waals surface area contributed by atoms with E-state index in [1.165, 1.54) is 5.56 Å². The maximum absolute atomic E-state index is 11.7. The Morgan fingerprint density at radius 2 is 1.95 bits per heavy atom. The molecule has 0 aliphatic carbocycles. The van der Waals surface area contributed by atoms with Gasteiger partial charge in [0.05, 0.1) is 5.88 Å². The molecule has 0 saturated carbocycles. The summed E-state index contributed by atoms with van der Waals surface area (Å²) in [5.74, 6) is -0.616. The SMILES string of the molecule is CC(C)Cc1ccc(C(C=O)C(=O)OCCCl)cc1. The van der Waals surface area contributed by atoms with Gasteiger partial charge in [0.15, 0.2) is 0 Å². The molecular formula is C15H19ClO3. The van der Waals surface area contributed by atoms with Gasteiger partial charge in [-0.05, 0) is 23.5 Å². The number of hydrogen-bond donors (Lipinski definition) is 0. The smallest absolute Gasteiger partial charge is 0.320 e. The standard InChI is InChI=1S/C15H19ClO3/c1-11(2)9-12-3-5-13(6-4-12)14(10-17)15(18)19-8-7-16/h3-6,10-11,14H,7-9H2,1-2H3. The molecule has 1 atom stereocenters. The van der Waals surface area contributed by atoms with E-state index in [9.17, 15) is 9.59 Å². The lowest BCUT2D eigenvalue weighted by Crippen LogP contribution is -2.18. The summed E-state index contributed by atoms with van der Waals surface area (Å²) >= 11 is 5.44. The summed E-state index contributed by atoms with van der Waals surface area (Å²) in [7, 11) is 0. The maximum atomic E-state index is 11.7. The number of ether oxygens (including phenoxy) is 1. The van der Waals surface area contributed by atoms with Crippen LogP contribution in [0.4, 0.5) is 0 Å². The van der Waals surface area contributed by atoms with Gasteiger partial charge in [-0.15, -0.1) is 11.6 Å². The van der Waals surface area contributed by atoms with Crippen molar-refractivity contribution in [3.63, 3.8) is 0 Å². The first-order chi connectivity index (χ1) is 9.08. The van der Waals surface area contributed by atoms with E-state index >= 15 is 0 Å². The Labute approximate surface area is 118 Å². The zero-order valence-corrected chi connectivity index (χ0v) is 12.0. The molecule has 1 aromatic rings. The van der Waals surface area contributed by atoms with Gasteiger partial charge in [0.2, 0.25) is 0 Å². The fraction of sp³-hybridized carbons (Fsp3) is 0.467. The van der Waals surface area contributed by atoms with Gasteiger partial charge in [-0.1, -0.05) is 38.1 Å². The Hall–Kier alpha value is -1.35. The molecule has 0 aromatic heterocycles. The van der Waals surface area contributed by atoms with Crippen LogP contribution in [0.2, 0.25) is 0 Å². The van der Waals surface area contributed by atoms with Gasteiger partial charge in [0.1, 0.15) is 18.8 Å². The van der Waals surface area contributed by atoms with Gasteiger partial charge >= 0.3 is 5.97 Å². The van der Waals surface area contributed by atoms with Gasteiger partial charge in [-0.2, -0.15) is 0 Å². The van der Waals surface area contributed by atoms with E-state index in [1.54, 1.807) is 12.1 Å². The van der Waals surface area contributed by atoms with E-state index in [4.69, 9.17) is 16.3 Å². The van der Waals surface area contributed by atoms with Crippen molar-refractivity contribution < 1.29 is 14.3 Å². The Bertz CT molecular complexity index is 412. The van der Waals surface area contributed by atoms with Crippen molar-refractivity contribution in [1.29, 1.82) is 0 Å². The second-order valence-electron chi connectivity index (χ2n) is 4.81. The molecule has 0 aliphatic rings. The molecule has 0 fully saturated rings. The Balaban J connectivity index is 2.76. The number of benzene rings is 1. The Morgan fingerprint density at radius 3 is 2.42 bits per heavy atom. The minimum atomic E-state index is -0.865. The fourth-order valence-corrected chi connectivity index (χ4v) is 1.91. The lowest BCUT2D eigenvalue weighted by atomic mass is 9.96. The quantitative estimate of drug-likeness (QED) is 0.334. The van der Waals surface area contributed by atoms with Crippen LogP contribution in [0.15, 0.2) is 24.3 Å². The first-order valence-electron chi connectivity index (χ1n) is 6.35. The molecular weight excluding hydrogens is 264 g/mol. The molecule has 0 aliphatic heterocycles. The topological polar surface area (TPSA) is 43.4 Å². The molecule has 0 spiro atoms. The number of halogens is 1. The van der Waals surface area contributed by atoms with Crippen LogP contribution in [0, 0.1) is 5.92 Å². The average molecular weight is 283 g/mol. The largest absolute Gasteiger partial charge is 0.464 e. The third-order valence-electron chi connectivity index (χ3n) is 2.69. The molecule has 0 saturated heterocycles. The number of aldehydes is 1. The second kappa shape index (κ2) is 7.95. The van der Waals surface area contributed by atoms with Crippen LogP contribution in [-0.4, -0.2) is 24.7 Å². The van der Waals surface area contributed by atoms with Crippen molar-refractivity contribution in [2.75, 3.05) is 12.5 Å². The lowest BCUT2D eigenvalue weighted by Gasteiger charge is -2.11. The highest BCUT2D eigenvalue weighted by atomic mass is 35.5. The highest BCUT2D eigenvalue weighted by Crippen LogP contribution is 2.17. The van der Waals surface area contributed by atoms with Crippen molar-refractivity contribution in [2.45, 2.75) is 26.2 Å². The van der Waals surface area contributed by atoms with Gasteiger partial charge in [-0.25, -0.2) is 0 Å².